The third kappa shape index (κ3) is 10.9. The van der Waals surface area contributed by atoms with Crippen LogP contribution in [0, 0.1) is 5.92 Å². The average molecular weight is 751 g/mol. The number of rotatable bonds is 11. The Morgan fingerprint density at radius 3 is 1.80 bits per heavy atom. The largest absolute Gasteiger partial charge is 0.481 e. The lowest BCUT2D eigenvalue weighted by Crippen LogP contribution is -2.17. The molecule has 0 saturated heterocycles. The molecule has 0 aliphatic carbocycles. The van der Waals surface area contributed by atoms with Gasteiger partial charge in [0.2, 0.25) is 5.91 Å². The van der Waals surface area contributed by atoms with Gasteiger partial charge in [0.25, 0.3) is 0 Å². The summed E-state index contributed by atoms with van der Waals surface area (Å²) in [6.45, 7) is 8.80. The van der Waals surface area contributed by atoms with Crippen molar-refractivity contribution in [2.45, 2.75) is 53.4 Å². The Bertz CT molecular complexity index is 1770. The summed E-state index contributed by atoms with van der Waals surface area (Å²) in [4.78, 5) is 34.3. The highest BCUT2D eigenvalue weighted by Gasteiger charge is 2.20. The third-order valence-corrected chi connectivity index (χ3v) is 8.20. The highest BCUT2D eigenvalue weighted by molar-refractivity contribution is 6.38. The Kier molecular flexibility index (Phi) is 14.4. The zero-order valence-electron chi connectivity index (χ0n) is 27.4. The normalized spacial score (nSPS) is 11.2. The summed E-state index contributed by atoms with van der Waals surface area (Å²) in [6.07, 6.45) is 0.836. The number of hydrogen-bond acceptors (Lipinski definition) is 7. The Morgan fingerprint density at radius 1 is 0.796 bits per heavy atom. The van der Waals surface area contributed by atoms with Gasteiger partial charge in [0.05, 0.1) is 26.0 Å². The predicted molar refractivity (Wildman–Crippen MR) is 195 cm³/mol. The van der Waals surface area contributed by atoms with Crippen molar-refractivity contribution in [3.8, 4) is 28.7 Å². The standard InChI is InChI=1S/C19H19Cl2NO4.C17H17Cl2NO3/c1-10(2)18(23)22-13-4-6-14(7-5-13)26-17-15(20)8-12(9-16(17)21)11(3)19(24)25;1-3-12-14(23-15(21)4-2)9-13(18)17(16(12)19)22-11-7-5-10(20)6-8-11/h4-11H,1-3H3,(H,22,23)(H,24,25);5-9H,3-4,20H2,1-2H3. The molecule has 4 N–H and O–H groups in total. The summed E-state index contributed by atoms with van der Waals surface area (Å²) in [5.41, 5.74) is 8.09. The summed E-state index contributed by atoms with van der Waals surface area (Å²) in [7, 11) is 0. The number of carbonyl (C=O) groups is 3. The number of carboxylic acid groups (broad SMARTS) is 1. The molecule has 0 aliphatic rings. The summed E-state index contributed by atoms with van der Waals surface area (Å²) in [5, 5.41) is 12.9. The first kappa shape index (κ1) is 39.3. The van der Waals surface area contributed by atoms with Crippen LogP contribution in [0.2, 0.25) is 20.1 Å². The van der Waals surface area contributed by atoms with Crippen LogP contribution in [0.15, 0.2) is 66.7 Å². The van der Waals surface area contributed by atoms with E-state index >= 15 is 0 Å². The summed E-state index contributed by atoms with van der Waals surface area (Å²) in [5.74, 6) is -0.271. The fourth-order valence-electron chi connectivity index (χ4n) is 4.06. The van der Waals surface area contributed by atoms with Crippen molar-refractivity contribution in [2.24, 2.45) is 5.92 Å². The molecule has 49 heavy (non-hydrogen) atoms. The van der Waals surface area contributed by atoms with Crippen LogP contribution >= 0.6 is 46.4 Å². The van der Waals surface area contributed by atoms with Gasteiger partial charge in [-0.25, -0.2) is 0 Å². The molecular formula is C36H36Cl4N2O7. The Morgan fingerprint density at radius 2 is 1.31 bits per heavy atom. The van der Waals surface area contributed by atoms with Crippen molar-refractivity contribution in [1.82, 2.24) is 0 Å². The van der Waals surface area contributed by atoms with Crippen LogP contribution in [0.25, 0.3) is 0 Å². The maximum absolute atomic E-state index is 11.7. The molecule has 0 aromatic heterocycles. The fourth-order valence-corrected chi connectivity index (χ4v) is 5.29. The number of esters is 1. The van der Waals surface area contributed by atoms with Gasteiger partial charge in [-0.3, -0.25) is 14.4 Å². The number of aliphatic carboxylic acids is 1. The maximum atomic E-state index is 11.7. The van der Waals surface area contributed by atoms with Crippen LogP contribution in [0.3, 0.4) is 0 Å². The molecule has 4 aromatic carbocycles. The van der Waals surface area contributed by atoms with Gasteiger partial charge >= 0.3 is 11.9 Å². The summed E-state index contributed by atoms with van der Waals surface area (Å²) >= 11 is 25.1. The third-order valence-electron chi connectivity index (χ3n) is 6.96. The van der Waals surface area contributed by atoms with Gasteiger partial charge in [0.15, 0.2) is 11.5 Å². The lowest BCUT2D eigenvalue weighted by molar-refractivity contribution is -0.138. The summed E-state index contributed by atoms with van der Waals surface area (Å²) < 4.78 is 16.8. The molecule has 0 spiro atoms. The minimum absolute atomic E-state index is 0.0760. The number of amides is 1. The van der Waals surface area contributed by atoms with Gasteiger partial charge in [0, 0.05) is 35.3 Å². The number of carbonyl (C=O) groups excluding carboxylic acids is 2. The second-order valence-corrected chi connectivity index (χ2v) is 12.6. The first-order valence-electron chi connectivity index (χ1n) is 15.2. The van der Waals surface area contributed by atoms with Crippen molar-refractivity contribution >= 4 is 75.6 Å². The molecule has 260 valence electrons. The molecule has 0 radical (unpaired) electrons. The second-order valence-electron chi connectivity index (χ2n) is 11.0. The highest BCUT2D eigenvalue weighted by atomic mass is 35.5. The van der Waals surface area contributed by atoms with E-state index in [4.69, 9.17) is 71.5 Å². The molecule has 0 bridgehead atoms. The number of hydrogen-bond donors (Lipinski definition) is 3. The van der Waals surface area contributed by atoms with Gasteiger partial charge < -0.3 is 30.4 Å². The van der Waals surface area contributed by atoms with E-state index in [1.165, 1.54) is 12.1 Å². The smallest absolute Gasteiger partial charge is 0.310 e. The molecule has 1 atom stereocenters. The average Bonchev–Trinajstić information content (AvgIpc) is 3.06. The number of halogens is 4. The van der Waals surface area contributed by atoms with Crippen LogP contribution in [0.4, 0.5) is 11.4 Å². The molecule has 13 heteroatoms. The number of nitrogens with one attached hydrogen (secondary N) is 1. The zero-order valence-corrected chi connectivity index (χ0v) is 30.4. The molecule has 9 nitrogen and oxygen atoms in total. The summed E-state index contributed by atoms with van der Waals surface area (Å²) in [6, 6.07) is 18.2. The SMILES string of the molecule is CC(C)C(=O)Nc1ccc(Oc2c(Cl)cc(C(C)C(=O)O)cc2Cl)cc1.CCC(=O)Oc1cc(Cl)c(Oc2ccc(N)cc2)c(Cl)c1CC. The van der Waals surface area contributed by atoms with E-state index in [1.54, 1.807) is 68.4 Å². The van der Waals surface area contributed by atoms with Gasteiger partial charge in [-0.15, -0.1) is 0 Å². The van der Waals surface area contributed by atoms with E-state index in [-0.39, 0.29) is 45.0 Å². The first-order valence-corrected chi connectivity index (χ1v) is 16.7. The topological polar surface area (TPSA) is 137 Å². The number of carboxylic acids is 1. The van der Waals surface area contributed by atoms with Crippen molar-refractivity contribution in [2.75, 3.05) is 11.1 Å². The van der Waals surface area contributed by atoms with Gasteiger partial charge in [-0.2, -0.15) is 0 Å². The minimum Gasteiger partial charge on any atom is -0.481 e. The Labute approximate surface area is 305 Å². The molecule has 4 aromatic rings. The van der Waals surface area contributed by atoms with E-state index in [0.29, 0.717) is 56.9 Å². The molecule has 0 heterocycles. The highest BCUT2D eigenvalue weighted by Crippen LogP contribution is 2.44. The second kappa shape index (κ2) is 18.0. The van der Waals surface area contributed by atoms with Crippen LogP contribution in [-0.2, 0) is 20.8 Å². The first-order chi connectivity index (χ1) is 23.1. The van der Waals surface area contributed by atoms with E-state index in [2.05, 4.69) is 5.32 Å². The molecule has 0 fully saturated rings. The molecular weight excluding hydrogens is 714 g/mol. The van der Waals surface area contributed by atoms with Crippen molar-refractivity contribution in [1.29, 1.82) is 0 Å². The van der Waals surface area contributed by atoms with Crippen LogP contribution < -0.4 is 25.3 Å². The zero-order chi connectivity index (χ0) is 36.4. The number of nitrogen functional groups attached to an aromatic ring is 1. The number of benzene rings is 4. The van der Waals surface area contributed by atoms with Crippen LogP contribution in [0.1, 0.15) is 58.1 Å². The monoisotopic (exact) mass is 748 g/mol. The lowest BCUT2D eigenvalue weighted by Gasteiger charge is -2.16. The van der Waals surface area contributed by atoms with E-state index in [9.17, 15) is 14.4 Å². The van der Waals surface area contributed by atoms with Crippen LogP contribution in [0.5, 0.6) is 28.7 Å². The van der Waals surface area contributed by atoms with Crippen molar-refractivity contribution < 1.29 is 33.7 Å². The number of nitrogens with two attached hydrogens (primary N) is 1. The van der Waals surface area contributed by atoms with Crippen molar-refractivity contribution in [3.63, 3.8) is 0 Å². The maximum Gasteiger partial charge on any atom is 0.310 e. The molecule has 0 aliphatic heterocycles. The van der Waals surface area contributed by atoms with Gasteiger partial charge in [-0.05, 0) is 79.6 Å². The molecule has 0 saturated carbocycles. The van der Waals surface area contributed by atoms with E-state index < -0.39 is 11.9 Å². The molecule has 4 rings (SSSR count). The minimum atomic E-state index is -0.968. The lowest BCUT2D eigenvalue weighted by atomic mass is 10.0. The predicted octanol–water partition coefficient (Wildman–Crippen LogP) is 10.8. The Balaban J connectivity index is 0.000000267. The quantitative estimate of drug-likeness (QED) is 0.0783. The molecule has 1 unspecified atom stereocenters. The van der Waals surface area contributed by atoms with E-state index in [0.717, 1.165) is 0 Å². The Hall–Kier alpha value is -4.15. The van der Waals surface area contributed by atoms with Crippen molar-refractivity contribution in [3.05, 3.63) is 97.9 Å². The fraction of sp³-hybridized carbons (Fsp3) is 0.250. The number of ether oxygens (including phenoxy) is 3. The van der Waals surface area contributed by atoms with Gasteiger partial charge in [-0.1, -0.05) is 74.1 Å². The van der Waals surface area contributed by atoms with Gasteiger partial charge in [0.1, 0.15) is 17.2 Å². The number of anilines is 2. The molecule has 1 amide bonds. The van der Waals surface area contributed by atoms with E-state index in [1.807, 2.05) is 20.8 Å². The van der Waals surface area contributed by atoms with Crippen LogP contribution in [-0.4, -0.2) is 23.0 Å².